The highest BCUT2D eigenvalue weighted by molar-refractivity contribution is 5.98. The summed E-state index contributed by atoms with van der Waals surface area (Å²) < 4.78 is 0. The van der Waals surface area contributed by atoms with Gasteiger partial charge in [-0.15, -0.1) is 0 Å². The van der Waals surface area contributed by atoms with Crippen LogP contribution in [0.1, 0.15) is 52.7 Å². The van der Waals surface area contributed by atoms with Crippen LogP contribution in [0.15, 0.2) is 273 Å². The molecular formula is C78H63N3. The summed E-state index contributed by atoms with van der Waals surface area (Å²) in [6.07, 6.45) is 6.19. The van der Waals surface area contributed by atoms with Gasteiger partial charge in [-0.1, -0.05) is 254 Å². The van der Waals surface area contributed by atoms with Gasteiger partial charge in [-0.05, 0) is 142 Å². The van der Waals surface area contributed by atoms with Gasteiger partial charge in [-0.25, -0.2) is 0 Å². The Hall–Kier alpha value is -9.57. The van der Waals surface area contributed by atoms with Gasteiger partial charge in [0.25, 0.3) is 0 Å². The maximum Gasteiger partial charge on any atom is 0.0708 e. The summed E-state index contributed by atoms with van der Waals surface area (Å²) in [6.45, 7) is 14.4. The van der Waals surface area contributed by atoms with Gasteiger partial charge in [0.1, 0.15) is 0 Å². The van der Waals surface area contributed by atoms with E-state index in [0.29, 0.717) is 0 Å². The van der Waals surface area contributed by atoms with E-state index in [4.69, 9.17) is 15.0 Å². The van der Waals surface area contributed by atoms with Crippen molar-refractivity contribution in [3.8, 4) is 123 Å². The Morgan fingerprint density at radius 3 is 0.975 bits per heavy atom. The lowest BCUT2D eigenvalue weighted by molar-refractivity contribution is 0.125. The van der Waals surface area contributed by atoms with Gasteiger partial charge in [0, 0.05) is 52.0 Å². The molecule has 0 amide bonds. The van der Waals surface area contributed by atoms with Crippen LogP contribution < -0.4 is 0 Å². The Labute approximate surface area is 477 Å². The monoisotopic (exact) mass is 1040 g/mol. The zero-order valence-electron chi connectivity index (χ0n) is 46.8. The Balaban J connectivity index is 0.990. The quantitative estimate of drug-likeness (QED) is 0.130. The van der Waals surface area contributed by atoms with E-state index in [1.807, 2.05) is 0 Å². The fourth-order valence-corrected chi connectivity index (χ4v) is 12.6. The van der Waals surface area contributed by atoms with E-state index in [2.05, 4.69) is 315 Å². The number of benzene rings is 9. The average molecular weight is 1040 g/mol. The molecule has 390 valence electrons. The molecule has 0 saturated carbocycles. The zero-order valence-corrected chi connectivity index (χ0v) is 46.8. The van der Waals surface area contributed by atoms with Crippen molar-refractivity contribution in [2.24, 2.45) is 5.41 Å². The molecule has 0 fully saturated rings. The van der Waals surface area contributed by atoms with Gasteiger partial charge < -0.3 is 0 Å². The summed E-state index contributed by atoms with van der Waals surface area (Å²) in [7, 11) is 0. The minimum absolute atomic E-state index is 0.00270. The highest BCUT2D eigenvalue weighted by Gasteiger charge is 2.56. The molecule has 0 aliphatic heterocycles. The molecule has 0 spiro atoms. The Kier molecular flexibility index (Phi) is 12.9. The maximum absolute atomic E-state index is 5.23. The van der Waals surface area contributed by atoms with Gasteiger partial charge in [0.15, 0.2) is 0 Å². The smallest absolute Gasteiger partial charge is 0.0708 e. The first kappa shape index (κ1) is 50.9. The van der Waals surface area contributed by atoms with Crippen LogP contribution in [0.3, 0.4) is 0 Å². The fourth-order valence-electron chi connectivity index (χ4n) is 12.6. The first-order valence-electron chi connectivity index (χ1n) is 28.2. The van der Waals surface area contributed by atoms with E-state index >= 15 is 0 Å². The third kappa shape index (κ3) is 9.09. The number of aromatic nitrogens is 3. The van der Waals surface area contributed by atoms with Crippen molar-refractivity contribution in [2.45, 2.75) is 52.4 Å². The Bertz CT molecular complexity index is 4080. The average Bonchev–Trinajstić information content (AvgIpc) is 3.94. The first-order valence-corrected chi connectivity index (χ1v) is 28.2. The first-order chi connectivity index (χ1) is 39.4. The lowest BCUT2D eigenvalue weighted by Crippen LogP contribution is -2.42. The summed E-state index contributed by atoms with van der Waals surface area (Å²) in [5.41, 5.74) is 26.7. The third-order valence-electron chi connectivity index (χ3n) is 18.2. The summed E-state index contributed by atoms with van der Waals surface area (Å²) in [5.74, 6) is 0. The van der Waals surface area contributed by atoms with Crippen LogP contribution in [-0.4, -0.2) is 15.0 Å². The number of hydrogen-bond acceptors (Lipinski definition) is 3. The van der Waals surface area contributed by atoms with Gasteiger partial charge in [-0.3, -0.25) is 15.0 Å². The summed E-state index contributed by atoms with van der Waals surface area (Å²) in [6, 6.07) is 91.8. The molecule has 1 aliphatic rings. The predicted molar refractivity (Wildman–Crippen MR) is 339 cm³/mol. The van der Waals surface area contributed by atoms with Crippen LogP contribution in [-0.2, 0) is 10.8 Å². The minimum atomic E-state index is -0.00270. The van der Waals surface area contributed by atoms with Crippen LogP contribution in [0, 0.1) is 5.41 Å². The molecule has 0 unspecified atom stereocenters. The minimum Gasteiger partial charge on any atom is -0.256 e. The van der Waals surface area contributed by atoms with E-state index in [0.717, 1.165) is 123 Å². The lowest BCUT2D eigenvalue weighted by Gasteiger charge is -2.44. The number of hydrogen-bond donors (Lipinski definition) is 0. The molecule has 0 saturated heterocycles. The van der Waals surface area contributed by atoms with Crippen molar-refractivity contribution >= 4 is 0 Å². The molecule has 0 bridgehead atoms. The van der Waals surface area contributed by atoms with E-state index in [-0.39, 0.29) is 16.2 Å². The second-order valence-electron chi connectivity index (χ2n) is 23.2. The standard InChI is InChI=1S/C78H63N3/c1-76(2)71-41-39-56(46-72(71)77(3,4)78(76,5)6)73-42-40-57(49-79-73)61-33-19-20-34-62(61)58-43-59(63-35-21-23-37-65(63)69-50-80-74(54-29-15-9-16-30-54)47-67(69)52-25-11-7-12-26-52)45-60(44-58)64-36-22-24-38-66(64)70-51-81-75(55-31-17-10-18-32-55)48-68(70)53-27-13-8-14-28-53/h7-51H,1-6H3. The van der Waals surface area contributed by atoms with Crippen LogP contribution in [0.5, 0.6) is 0 Å². The van der Waals surface area contributed by atoms with Crippen molar-refractivity contribution in [3.63, 3.8) is 0 Å². The molecule has 12 aromatic rings. The van der Waals surface area contributed by atoms with Crippen LogP contribution >= 0.6 is 0 Å². The second-order valence-corrected chi connectivity index (χ2v) is 23.2. The second kappa shape index (κ2) is 20.6. The predicted octanol–water partition coefficient (Wildman–Crippen LogP) is 20.8. The van der Waals surface area contributed by atoms with Gasteiger partial charge in [0.05, 0.1) is 17.1 Å². The van der Waals surface area contributed by atoms with Gasteiger partial charge >= 0.3 is 0 Å². The summed E-state index contributed by atoms with van der Waals surface area (Å²) >= 11 is 0. The summed E-state index contributed by atoms with van der Waals surface area (Å²) in [4.78, 5) is 15.6. The molecule has 1 aliphatic carbocycles. The fraction of sp³-hybridized carbons (Fsp3) is 0.115. The number of rotatable bonds is 11. The Morgan fingerprint density at radius 1 is 0.210 bits per heavy atom. The van der Waals surface area contributed by atoms with Crippen molar-refractivity contribution in [2.75, 3.05) is 0 Å². The molecule has 3 nitrogen and oxygen atoms in total. The molecule has 13 rings (SSSR count). The number of nitrogens with zero attached hydrogens (tertiary/aromatic N) is 3. The molecule has 3 aromatic heterocycles. The number of pyridine rings is 3. The van der Waals surface area contributed by atoms with Crippen LogP contribution in [0.4, 0.5) is 0 Å². The number of fused-ring (bicyclic) bond motifs is 1. The molecule has 81 heavy (non-hydrogen) atoms. The normalized spacial score (nSPS) is 13.9. The van der Waals surface area contributed by atoms with Crippen molar-refractivity contribution in [1.29, 1.82) is 0 Å². The van der Waals surface area contributed by atoms with Crippen LogP contribution in [0.25, 0.3) is 123 Å². The van der Waals surface area contributed by atoms with Crippen LogP contribution in [0.2, 0.25) is 0 Å². The zero-order chi connectivity index (χ0) is 55.3. The molecule has 0 radical (unpaired) electrons. The highest BCUT2D eigenvalue weighted by Crippen LogP contribution is 2.62. The van der Waals surface area contributed by atoms with Crippen molar-refractivity contribution < 1.29 is 0 Å². The van der Waals surface area contributed by atoms with Crippen molar-refractivity contribution in [1.82, 2.24) is 15.0 Å². The molecule has 9 aromatic carbocycles. The van der Waals surface area contributed by atoms with Gasteiger partial charge in [0.2, 0.25) is 0 Å². The van der Waals surface area contributed by atoms with Crippen molar-refractivity contribution in [3.05, 3.63) is 285 Å². The largest absolute Gasteiger partial charge is 0.256 e. The van der Waals surface area contributed by atoms with Gasteiger partial charge in [-0.2, -0.15) is 0 Å². The van der Waals surface area contributed by atoms with E-state index in [1.165, 1.54) is 11.1 Å². The molecular weight excluding hydrogens is 979 g/mol. The molecule has 3 heteroatoms. The highest BCUT2D eigenvalue weighted by atomic mass is 14.7. The SMILES string of the molecule is CC1(C)c2ccc(-c3ccc(-c4ccccc4-c4cc(-c5ccccc5-c5cnc(-c6ccccc6)cc5-c5ccccc5)cc(-c5ccccc5-c5cnc(-c6ccccc6)cc5-c5ccccc5)c4)cn3)cc2C(C)(C)C1(C)C. The molecule has 3 heterocycles. The Morgan fingerprint density at radius 2 is 0.556 bits per heavy atom. The molecule has 0 atom stereocenters. The van der Waals surface area contributed by atoms with E-state index in [1.54, 1.807) is 0 Å². The maximum atomic E-state index is 5.23. The van der Waals surface area contributed by atoms with E-state index < -0.39 is 0 Å². The summed E-state index contributed by atoms with van der Waals surface area (Å²) in [5, 5.41) is 0. The molecule has 0 N–H and O–H groups in total. The third-order valence-corrected chi connectivity index (χ3v) is 18.2. The lowest BCUT2D eigenvalue weighted by atomic mass is 9.59. The van der Waals surface area contributed by atoms with E-state index in [9.17, 15) is 0 Å². The topological polar surface area (TPSA) is 38.7 Å².